The van der Waals surface area contributed by atoms with E-state index in [-0.39, 0.29) is 23.7 Å². The van der Waals surface area contributed by atoms with Crippen molar-refractivity contribution in [3.05, 3.63) is 82.4 Å². The van der Waals surface area contributed by atoms with Crippen molar-refractivity contribution < 1.29 is 18.7 Å². The molecule has 0 unspecified atom stereocenters. The Labute approximate surface area is 180 Å². The Kier molecular flexibility index (Phi) is 6.21. The number of carbonyl (C=O) groups is 1. The minimum absolute atomic E-state index is 0.00687. The standard InChI is InChI=1S/C24H24N2O5/c1-2-29-19-9-7-18(8-10-19)25-24(28)16-31-23-15-30-20(13-22(23)27)14-26-12-11-17-5-3-4-6-21(17)26/h3-10,13,15H,2,11-12,14,16H2,1H3,(H,25,28). The summed E-state index contributed by atoms with van der Waals surface area (Å²) in [7, 11) is 0. The Balaban J connectivity index is 1.31. The molecule has 2 aromatic carbocycles. The van der Waals surface area contributed by atoms with Gasteiger partial charge in [-0.05, 0) is 49.2 Å². The molecule has 7 nitrogen and oxygen atoms in total. The van der Waals surface area contributed by atoms with Crippen LogP contribution in [0.3, 0.4) is 0 Å². The monoisotopic (exact) mass is 420 g/mol. The van der Waals surface area contributed by atoms with Crippen LogP contribution in [0.4, 0.5) is 11.4 Å². The number of benzene rings is 2. The summed E-state index contributed by atoms with van der Waals surface area (Å²) >= 11 is 0. The minimum atomic E-state index is -0.374. The summed E-state index contributed by atoms with van der Waals surface area (Å²) in [6.45, 7) is 3.57. The van der Waals surface area contributed by atoms with E-state index in [0.29, 0.717) is 24.6 Å². The maximum Gasteiger partial charge on any atom is 0.262 e. The highest BCUT2D eigenvalue weighted by Gasteiger charge is 2.19. The molecule has 1 aliphatic heterocycles. The van der Waals surface area contributed by atoms with Crippen molar-refractivity contribution in [1.82, 2.24) is 0 Å². The molecular formula is C24H24N2O5. The summed E-state index contributed by atoms with van der Waals surface area (Å²) in [5, 5.41) is 2.71. The van der Waals surface area contributed by atoms with Crippen molar-refractivity contribution in [2.24, 2.45) is 0 Å². The van der Waals surface area contributed by atoms with Crippen LogP contribution in [-0.2, 0) is 17.8 Å². The Morgan fingerprint density at radius 1 is 1.13 bits per heavy atom. The van der Waals surface area contributed by atoms with Crippen LogP contribution in [-0.4, -0.2) is 25.7 Å². The molecule has 2 heterocycles. The largest absolute Gasteiger partial charge is 0.494 e. The van der Waals surface area contributed by atoms with E-state index in [2.05, 4.69) is 22.3 Å². The molecule has 160 valence electrons. The van der Waals surface area contributed by atoms with Crippen molar-refractivity contribution in [2.75, 3.05) is 30.0 Å². The number of para-hydroxylation sites is 1. The minimum Gasteiger partial charge on any atom is -0.494 e. The first-order chi connectivity index (χ1) is 15.1. The topological polar surface area (TPSA) is 81.0 Å². The van der Waals surface area contributed by atoms with Gasteiger partial charge in [-0.15, -0.1) is 0 Å². The zero-order chi connectivity index (χ0) is 21.6. The molecular weight excluding hydrogens is 396 g/mol. The predicted molar refractivity (Wildman–Crippen MR) is 118 cm³/mol. The van der Waals surface area contributed by atoms with E-state index in [4.69, 9.17) is 13.9 Å². The number of rotatable bonds is 8. The maximum absolute atomic E-state index is 12.4. The van der Waals surface area contributed by atoms with Gasteiger partial charge in [-0.1, -0.05) is 18.2 Å². The molecule has 31 heavy (non-hydrogen) atoms. The molecule has 4 rings (SSSR count). The number of ether oxygens (including phenoxy) is 2. The van der Waals surface area contributed by atoms with Gasteiger partial charge in [0.1, 0.15) is 17.8 Å². The van der Waals surface area contributed by atoms with Crippen LogP contribution in [0.5, 0.6) is 11.5 Å². The van der Waals surface area contributed by atoms with E-state index < -0.39 is 0 Å². The van der Waals surface area contributed by atoms with Crippen LogP contribution in [0.25, 0.3) is 0 Å². The van der Waals surface area contributed by atoms with Gasteiger partial charge in [-0.3, -0.25) is 9.59 Å². The average molecular weight is 420 g/mol. The predicted octanol–water partition coefficient (Wildman–Crippen LogP) is 3.62. The number of amides is 1. The summed E-state index contributed by atoms with van der Waals surface area (Å²) < 4.78 is 16.3. The lowest BCUT2D eigenvalue weighted by molar-refractivity contribution is -0.118. The van der Waals surface area contributed by atoms with Gasteiger partial charge in [0.15, 0.2) is 6.61 Å². The molecule has 1 amide bonds. The zero-order valence-electron chi connectivity index (χ0n) is 17.3. The number of carbonyl (C=O) groups excluding carboxylic acids is 1. The van der Waals surface area contributed by atoms with Crippen LogP contribution >= 0.6 is 0 Å². The highest BCUT2D eigenvalue weighted by molar-refractivity contribution is 5.91. The summed E-state index contributed by atoms with van der Waals surface area (Å²) in [4.78, 5) is 26.7. The molecule has 1 N–H and O–H groups in total. The molecule has 0 saturated carbocycles. The molecule has 0 radical (unpaired) electrons. The number of hydrogen-bond acceptors (Lipinski definition) is 6. The SMILES string of the molecule is CCOc1ccc(NC(=O)COc2coc(CN3CCc4ccccc43)cc2=O)cc1. The first kappa shape index (κ1) is 20.5. The van der Waals surface area contributed by atoms with Crippen molar-refractivity contribution in [3.63, 3.8) is 0 Å². The third-order valence-electron chi connectivity index (χ3n) is 4.99. The second-order valence-electron chi connectivity index (χ2n) is 7.17. The normalized spacial score (nSPS) is 12.4. The molecule has 0 fully saturated rings. The van der Waals surface area contributed by atoms with Gasteiger partial charge < -0.3 is 24.1 Å². The fraction of sp³-hybridized carbons (Fsp3) is 0.250. The third-order valence-corrected chi connectivity index (χ3v) is 4.99. The first-order valence-electron chi connectivity index (χ1n) is 10.2. The van der Waals surface area contributed by atoms with Crippen LogP contribution < -0.4 is 25.1 Å². The number of fused-ring (bicyclic) bond motifs is 1. The molecule has 1 aromatic heterocycles. The number of hydrogen-bond donors (Lipinski definition) is 1. The van der Waals surface area contributed by atoms with Crippen LogP contribution in [0.15, 0.2) is 70.1 Å². The Hall–Kier alpha value is -3.74. The van der Waals surface area contributed by atoms with Crippen LogP contribution in [0.2, 0.25) is 0 Å². The third kappa shape index (κ3) is 5.06. The zero-order valence-corrected chi connectivity index (χ0v) is 17.3. The maximum atomic E-state index is 12.4. The lowest BCUT2D eigenvalue weighted by Gasteiger charge is -2.18. The second kappa shape index (κ2) is 9.38. The first-order valence-corrected chi connectivity index (χ1v) is 10.2. The summed E-state index contributed by atoms with van der Waals surface area (Å²) in [6, 6.07) is 16.6. The van der Waals surface area contributed by atoms with Gasteiger partial charge in [0.05, 0.1) is 13.2 Å². The average Bonchev–Trinajstić information content (AvgIpc) is 3.18. The van der Waals surface area contributed by atoms with Gasteiger partial charge in [0.2, 0.25) is 11.2 Å². The summed E-state index contributed by atoms with van der Waals surface area (Å²) in [5.41, 5.74) is 2.76. The molecule has 1 aliphatic rings. The molecule has 0 spiro atoms. The van der Waals surface area contributed by atoms with Gasteiger partial charge in [0, 0.05) is 24.0 Å². The number of nitrogens with one attached hydrogen (secondary N) is 1. The van der Waals surface area contributed by atoms with Crippen molar-refractivity contribution in [2.45, 2.75) is 19.9 Å². The van der Waals surface area contributed by atoms with Gasteiger partial charge in [0.25, 0.3) is 5.91 Å². The van der Waals surface area contributed by atoms with Crippen LogP contribution in [0.1, 0.15) is 18.2 Å². The summed E-state index contributed by atoms with van der Waals surface area (Å²) in [5.74, 6) is 0.911. The van der Waals surface area contributed by atoms with E-state index in [1.807, 2.05) is 19.1 Å². The highest BCUT2D eigenvalue weighted by Crippen LogP contribution is 2.28. The van der Waals surface area contributed by atoms with Crippen molar-refractivity contribution in [3.8, 4) is 11.5 Å². The Morgan fingerprint density at radius 3 is 2.71 bits per heavy atom. The smallest absolute Gasteiger partial charge is 0.262 e. The lowest BCUT2D eigenvalue weighted by Crippen LogP contribution is -2.23. The molecule has 3 aromatic rings. The summed E-state index contributed by atoms with van der Waals surface area (Å²) in [6.07, 6.45) is 2.24. The number of nitrogens with zero attached hydrogens (tertiary/aromatic N) is 1. The second-order valence-corrected chi connectivity index (χ2v) is 7.17. The van der Waals surface area contributed by atoms with Crippen molar-refractivity contribution >= 4 is 17.3 Å². The fourth-order valence-electron chi connectivity index (χ4n) is 3.53. The molecule has 0 saturated heterocycles. The van der Waals surface area contributed by atoms with E-state index >= 15 is 0 Å². The highest BCUT2D eigenvalue weighted by atomic mass is 16.5. The lowest BCUT2D eigenvalue weighted by atomic mass is 10.2. The molecule has 0 bridgehead atoms. The van der Waals surface area contributed by atoms with E-state index in [9.17, 15) is 9.59 Å². The fourth-order valence-corrected chi connectivity index (χ4v) is 3.53. The quantitative estimate of drug-likeness (QED) is 0.600. The number of anilines is 2. The molecule has 0 aliphatic carbocycles. The Bertz CT molecular complexity index is 1110. The van der Waals surface area contributed by atoms with E-state index in [1.54, 1.807) is 24.3 Å². The van der Waals surface area contributed by atoms with E-state index in [0.717, 1.165) is 24.4 Å². The Morgan fingerprint density at radius 2 is 1.94 bits per heavy atom. The van der Waals surface area contributed by atoms with Gasteiger partial charge in [-0.25, -0.2) is 0 Å². The van der Waals surface area contributed by atoms with E-state index in [1.165, 1.54) is 17.9 Å². The molecule has 7 heteroatoms. The van der Waals surface area contributed by atoms with Crippen LogP contribution in [0, 0.1) is 0 Å². The van der Waals surface area contributed by atoms with Gasteiger partial charge >= 0.3 is 0 Å². The van der Waals surface area contributed by atoms with Crippen molar-refractivity contribution in [1.29, 1.82) is 0 Å². The van der Waals surface area contributed by atoms with Gasteiger partial charge in [-0.2, -0.15) is 0 Å². The molecule has 0 atom stereocenters.